The normalized spacial score (nSPS) is 16.9. The van der Waals surface area contributed by atoms with Gasteiger partial charge in [0.1, 0.15) is 0 Å². The van der Waals surface area contributed by atoms with Crippen molar-refractivity contribution < 1.29 is 25.2 Å². The molecule has 10 heteroatoms. The second-order valence-electron chi connectivity index (χ2n) is 9.81. The Bertz CT molecular complexity index is 1530. The van der Waals surface area contributed by atoms with Crippen molar-refractivity contribution in [1.82, 2.24) is 4.58 Å². The molecule has 0 N–H and O–H groups in total. The van der Waals surface area contributed by atoms with Gasteiger partial charge in [-0.1, -0.05) is 0 Å². The molecule has 0 spiro atoms. The Hall–Kier alpha value is -2.07. The third kappa shape index (κ3) is 6.16. The van der Waals surface area contributed by atoms with Gasteiger partial charge < -0.3 is 0 Å². The number of nitrogens with zero attached hydrogens (tertiary/aromatic N) is 2. The van der Waals surface area contributed by atoms with Gasteiger partial charge in [-0.2, -0.15) is 0 Å². The van der Waals surface area contributed by atoms with E-state index in [0.29, 0.717) is 0 Å². The first-order valence-electron chi connectivity index (χ1n) is 12.1. The summed E-state index contributed by atoms with van der Waals surface area (Å²) in [6.45, 7) is 2.49. The summed E-state index contributed by atoms with van der Waals surface area (Å²) in [5.74, 6) is 0. The summed E-state index contributed by atoms with van der Waals surface area (Å²) in [6, 6.07) is 20.8. The van der Waals surface area contributed by atoms with Gasteiger partial charge in [-0.25, -0.2) is 0 Å². The summed E-state index contributed by atoms with van der Waals surface area (Å²) in [6.07, 6.45) is 5.10. The van der Waals surface area contributed by atoms with E-state index in [1.165, 1.54) is 60.8 Å². The van der Waals surface area contributed by atoms with Gasteiger partial charge in [-0.05, 0) is 0 Å². The van der Waals surface area contributed by atoms with Gasteiger partial charge in [0.05, 0.1) is 0 Å². The van der Waals surface area contributed by atoms with Gasteiger partial charge in [0.25, 0.3) is 0 Å². The molecule has 4 aliphatic rings. The van der Waals surface area contributed by atoms with Gasteiger partial charge in [0, 0.05) is 0 Å². The van der Waals surface area contributed by atoms with Crippen LogP contribution < -0.4 is 14.8 Å². The molecule has 0 saturated carbocycles. The van der Waals surface area contributed by atoms with Crippen molar-refractivity contribution in [2.45, 2.75) is 25.7 Å². The van der Waals surface area contributed by atoms with Crippen molar-refractivity contribution in [3.63, 3.8) is 0 Å². The topological polar surface area (TPSA) is 6.25 Å². The van der Waals surface area contributed by atoms with Crippen LogP contribution in [0.3, 0.4) is 0 Å². The molecule has 0 saturated heterocycles. The molecular weight excluding hydrogens is 625 g/mol. The molecule has 0 bridgehead atoms. The molecule has 3 heterocycles. The van der Waals surface area contributed by atoms with Crippen molar-refractivity contribution in [1.29, 1.82) is 0 Å². The SMILES string of the molecule is C[N+](C)=c1ccc2c(-c3ccccc3)c3cc4c5c(c3[te]c-2c1)CCCN5CCC4.F[P-](F)(F)(F)(F)F. The van der Waals surface area contributed by atoms with Crippen molar-refractivity contribution in [2.75, 3.05) is 32.1 Å². The zero-order valence-electron chi connectivity index (χ0n) is 20.5. The van der Waals surface area contributed by atoms with E-state index in [1.54, 1.807) is 29.2 Å². The fraction of sp³-hybridized carbons (Fsp3) is 0.296. The van der Waals surface area contributed by atoms with Crippen molar-refractivity contribution in [3.8, 4) is 20.3 Å². The Morgan fingerprint density at radius 2 is 1.49 bits per heavy atom. The predicted octanol–water partition coefficient (Wildman–Crippen LogP) is 7.78. The molecule has 2 aromatic rings. The van der Waals surface area contributed by atoms with E-state index in [0.717, 1.165) is 0 Å². The molecule has 2 nitrogen and oxygen atoms in total. The first kappa shape index (κ1) is 26.5. The number of rotatable bonds is 1. The van der Waals surface area contributed by atoms with E-state index in [2.05, 4.69) is 78.2 Å². The molecule has 198 valence electrons. The van der Waals surface area contributed by atoms with Crippen LogP contribution >= 0.6 is 7.81 Å². The van der Waals surface area contributed by atoms with Crippen LogP contribution in [0.2, 0.25) is 0 Å². The van der Waals surface area contributed by atoms with Crippen LogP contribution in [0.4, 0.5) is 30.9 Å². The number of benzene rings is 3. The van der Waals surface area contributed by atoms with Gasteiger partial charge in [0.2, 0.25) is 0 Å². The molecule has 3 aliphatic heterocycles. The van der Waals surface area contributed by atoms with Crippen LogP contribution in [-0.2, 0) is 12.8 Å². The molecule has 6 rings (SSSR count). The minimum atomic E-state index is -10.7. The van der Waals surface area contributed by atoms with E-state index in [-0.39, 0.29) is 0 Å². The van der Waals surface area contributed by atoms with Crippen LogP contribution in [0, 0.1) is 0 Å². The molecule has 0 aromatic heterocycles. The van der Waals surface area contributed by atoms with Crippen LogP contribution in [0.1, 0.15) is 24.0 Å². The second kappa shape index (κ2) is 8.73. The molecule has 2 aromatic carbocycles. The molecule has 0 atom stereocenters. The monoisotopic (exact) mass is 654 g/mol. The molecule has 0 unspecified atom stereocenters. The van der Waals surface area contributed by atoms with E-state index >= 15 is 0 Å². The number of anilines is 1. The maximum absolute atomic E-state index is 10.7. The van der Waals surface area contributed by atoms with Crippen molar-refractivity contribution in [2.24, 2.45) is 0 Å². The summed E-state index contributed by atoms with van der Waals surface area (Å²) in [4.78, 5) is 2.69. The van der Waals surface area contributed by atoms with Gasteiger partial charge in [-0.3, -0.25) is 0 Å². The Balaban J connectivity index is 0.000000355. The molecule has 0 radical (unpaired) electrons. The van der Waals surface area contributed by atoms with Gasteiger partial charge >= 0.3 is 222 Å². The van der Waals surface area contributed by atoms with Crippen LogP contribution in [0.25, 0.3) is 29.1 Å². The summed E-state index contributed by atoms with van der Waals surface area (Å²) in [7, 11) is -6.35. The van der Waals surface area contributed by atoms with E-state index < -0.39 is 28.2 Å². The Morgan fingerprint density at radius 3 is 2.14 bits per heavy atom. The summed E-state index contributed by atoms with van der Waals surface area (Å²) in [5.41, 5.74) is 9.21. The standard InChI is InChI=1S/C27H27N2Te.F6P/c1-28(2)20-12-13-21-24(17-20)30-27-22-11-7-15-29-14-6-10-19(26(22)29)16-23(27)25(21)18-8-4-3-5-9-18;1-7(2,3,4,5)6/h3-5,8-9,12-13,16-17H,6-7,10-11,14-15H2,1-2H3;/q+1;-1. The van der Waals surface area contributed by atoms with Gasteiger partial charge in [0.15, 0.2) is 0 Å². The second-order valence-corrected chi connectivity index (χ2v) is 14.7. The van der Waals surface area contributed by atoms with Crippen molar-refractivity contribution >= 4 is 42.7 Å². The number of hydrogen-bond acceptors (Lipinski definition) is 1. The first-order chi connectivity index (χ1) is 17.2. The minimum absolute atomic E-state index is 0.417. The molecule has 0 fully saturated rings. The summed E-state index contributed by atoms with van der Waals surface area (Å²) >= 11 is -0.417. The molecular formula is C27H27F6N2PTe. The zero-order valence-corrected chi connectivity index (χ0v) is 23.7. The van der Waals surface area contributed by atoms with Crippen LogP contribution in [0.15, 0.2) is 54.6 Å². The third-order valence-electron chi connectivity index (χ3n) is 6.77. The predicted molar refractivity (Wildman–Crippen MR) is 142 cm³/mol. The zero-order chi connectivity index (χ0) is 26.7. The maximum atomic E-state index is 9.87. The Morgan fingerprint density at radius 1 is 0.838 bits per heavy atom. The fourth-order valence-corrected chi connectivity index (χ4v) is 9.02. The third-order valence-corrected chi connectivity index (χ3v) is 10.3. The first-order valence-corrected chi connectivity index (χ1v) is 16.4. The quantitative estimate of drug-likeness (QED) is 0.0670. The van der Waals surface area contributed by atoms with Gasteiger partial charge in [-0.15, -0.1) is 0 Å². The van der Waals surface area contributed by atoms with Crippen LogP contribution in [-0.4, -0.2) is 47.6 Å². The Labute approximate surface area is 221 Å². The summed E-state index contributed by atoms with van der Waals surface area (Å²) < 4.78 is 64.7. The average Bonchev–Trinajstić information content (AvgIpc) is 2.81. The van der Waals surface area contributed by atoms with E-state index in [4.69, 9.17) is 0 Å². The molecule has 0 amide bonds. The van der Waals surface area contributed by atoms with Crippen LogP contribution in [0.5, 0.6) is 0 Å². The summed E-state index contributed by atoms with van der Waals surface area (Å²) in [5, 5.41) is 2.87. The van der Waals surface area contributed by atoms with Crippen molar-refractivity contribution in [3.05, 3.63) is 71.1 Å². The number of hydrogen-bond donors (Lipinski definition) is 0. The average molecular weight is 652 g/mol. The number of halogens is 6. The Kier molecular flexibility index (Phi) is 6.26. The fourth-order valence-electron chi connectivity index (χ4n) is 5.38. The number of fused-ring (bicyclic) bond motifs is 3. The molecule has 37 heavy (non-hydrogen) atoms. The number of aryl methyl sites for hydroxylation is 2. The van der Waals surface area contributed by atoms with E-state index in [9.17, 15) is 25.2 Å². The van der Waals surface area contributed by atoms with E-state index in [1.807, 2.05) is 0 Å². The molecule has 1 aliphatic carbocycles.